The molecule has 4 nitrogen and oxygen atoms in total. The summed E-state index contributed by atoms with van der Waals surface area (Å²) in [5.41, 5.74) is 1.85. The number of benzene rings is 1. The summed E-state index contributed by atoms with van der Waals surface area (Å²) >= 11 is 0. The van der Waals surface area contributed by atoms with Crippen molar-refractivity contribution in [2.45, 2.75) is 39.8 Å². The van der Waals surface area contributed by atoms with E-state index in [4.69, 9.17) is 4.74 Å². The molecule has 0 saturated carbocycles. The van der Waals surface area contributed by atoms with Crippen LogP contribution in [0.25, 0.3) is 0 Å². The molecule has 0 aliphatic carbocycles. The molecule has 0 amide bonds. The van der Waals surface area contributed by atoms with E-state index in [0.717, 1.165) is 11.1 Å². The highest BCUT2D eigenvalue weighted by molar-refractivity contribution is 5.75. The van der Waals surface area contributed by atoms with Crippen molar-refractivity contribution in [1.82, 2.24) is 5.32 Å². The summed E-state index contributed by atoms with van der Waals surface area (Å²) < 4.78 is 4.93. The zero-order valence-electron chi connectivity index (χ0n) is 11.4. The van der Waals surface area contributed by atoms with Gasteiger partial charge in [0.05, 0.1) is 6.61 Å². The van der Waals surface area contributed by atoms with Gasteiger partial charge in [0, 0.05) is 11.6 Å². The van der Waals surface area contributed by atoms with Gasteiger partial charge in [-0.05, 0) is 33.8 Å². The normalized spacial score (nSPS) is 14.0. The number of ether oxygens (including phenoxy) is 1. The van der Waals surface area contributed by atoms with Gasteiger partial charge in [0.15, 0.2) is 0 Å². The number of phenolic OH excluding ortho intramolecular Hbond substituents is 1. The van der Waals surface area contributed by atoms with Crippen molar-refractivity contribution in [2.24, 2.45) is 0 Å². The fourth-order valence-electron chi connectivity index (χ4n) is 1.82. The molecule has 0 aliphatic heterocycles. The quantitative estimate of drug-likeness (QED) is 0.788. The lowest BCUT2D eigenvalue weighted by Gasteiger charge is -2.20. The molecule has 0 radical (unpaired) electrons. The van der Waals surface area contributed by atoms with Gasteiger partial charge in [0.2, 0.25) is 0 Å². The summed E-state index contributed by atoms with van der Waals surface area (Å²) in [7, 11) is 0. The number of rotatable bonds is 5. The van der Waals surface area contributed by atoms with Gasteiger partial charge < -0.3 is 9.84 Å². The fourth-order valence-corrected chi connectivity index (χ4v) is 1.82. The molecule has 0 spiro atoms. The van der Waals surface area contributed by atoms with Crippen molar-refractivity contribution in [3.8, 4) is 5.75 Å². The number of phenols is 1. The van der Waals surface area contributed by atoms with Gasteiger partial charge in [-0.25, -0.2) is 0 Å². The lowest BCUT2D eigenvalue weighted by Crippen LogP contribution is -2.37. The van der Waals surface area contributed by atoms with E-state index in [1.807, 2.05) is 26.0 Å². The summed E-state index contributed by atoms with van der Waals surface area (Å²) in [6, 6.07) is 4.90. The molecule has 0 heterocycles. The molecule has 2 unspecified atom stereocenters. The number of hydrogen-bond acceptors (Lipinski definition) is 4. The largest absolute Gasteiger partial charge is 0.508 e. The van der Waals surface area contributed by atoms with E-state index >= 15 is 0 Å². The van der Waals surface area contributed by atoms with E-state index in [2.05, 4.69) is 5.32 Å². The van der Waals surface area contributed by atoms with Crippen LogP contribution in [-0.4, -0.2) is 23.7 Å². The second-order valence-corrected chi connectivity index (χ2v) is 4.42. The molecule has 1 aromatic carbocycles. The predicted molar refractivity (Wildman–Crippen MR) is 70.5 cm³/mol. The second-order valence-electron chi connectivity index (χ2n) is 4.42. The Morgan fingerprint density at radius 2 is 2.11 bits per heavy atom. The van der Waals surface area contributed by atoms with Crippen LogP contribution >= 0.6 is 0 Å². The molecule has 1 aromatic rings. The Morgan fingerprint density at radius 3 is 2.72 bits per heavy atom. The molecule has 0 aliphatic rings. The highest BCUT2D eigenvalue weighted by Gasteiger charge is 2.18. The van der Waals surface area contributed by atoms with Crippen LogP contribution in [0.5, 0.6) is 5.75 Å². The first-order chi connectivity index (χ1) is 8.45. The van der Waals surface area contributed by atoms with Crippen molar-refractivity contribution < 1.29 is 14.6 Å². The predicted octanol–water partition coefficient (Wildman–Crippen LogP) is 2.30. The number of esters is 1. The Balaban J connectivity index is 2.73. The summed E-state index contributed by atoms with van der Waals surface area (Å²) in [6.45, 7) is 7.77. The molecule has 0 aromatic heterocycles. The summed E-state index contributed by atoms with van der Waals surface area (Å²) in [5, 5.41) is 12.9. The van der Waals surface area contributed by atoms with Crippen LogP contribution in [-0.2, 0) is 9.53 Å². The molecule has 2 atom stereocenters. The molecule has 4 heteroatoms. The first-order valence-corrected chi connectivity index (χ1v) is 6.18. The molecule has 18 heavy (non-hydrogen) atoms. The zero-order valence-corrected chi connectivity index (χ0v) is 11.4. The van der Waals surface area contributed by atoms with Gasteiger partial charge in [-0.15, -0.1) is 0 Å². The highest BCUT2D eigenvalue weighted by Crippen LogP contribution is 2.25. The molecular weight excluding hydrogens is 230 g/mol. The van der Waals surface area contributed by atoms with E-state index in [1.165, 1.54) is 0 Å². The molecule has 0 saturated heterocycles. The number of aryl methyl sites for hydroxylation is 1. The lowest BCUT2D eigenvalue weighted by atomic mass is 10.0. The topological polar surface area (TPSA) is 58.6 Å². The van der Waals surface area contributed by atoms with Gasteiger partial charge in [0.25, 0.3) is 0 Å². The second kappa shape index (κ2) is 6.40. The minimum absolute atomic E-state index is 0.121. The van der Waals surface area contributed by atoms with E-state index < -0.39 is 6.04 Å². The van der Waals surface area contributed by atoms with Crippen LogP contribution in [0.15, 0.2) is 18.2 Å². The minimum atomic E-state index is -0.403. The maximum absolute atomic E-state index is 11.5. The maximum atomic E-state index is 11.5. The number of carbonyl (C=O) groups is 1. The van der Waals surface area contributed by atoms with Crippen molar-refractivity contribution in [2.75, 3.05) is 6.61 Å². The van der Waals surface area contributed by atoms with E-state index in [0.29, 0.717) is 6.61 Å². The van der Waals surface area contributed by atoms with Gasteiger partial charge in [-0.3, -0.25) is 10.1 Å². The van der Waals surface area contributed by atoms with Crippen LogP contribution in [0, 0.1) is 6.92 Å². The number of nitrogens with one attached hydrogen (secondary N) is 1. The van der Waals surface area contributed by atoms with Gasteiger partial charge in [-0.2, -0.15) is 0 Å². The number of hydrogen-bond donors (Lipinski definition) is 2. The number of carbonyl (C=O) groups excluding carboxylic acids is 1. The molecular formula is C14H21NO3. The Hall–Kier alpha value is -1.55. The molecule has 0 fully saturated rings. The Kier molecular flexibility index (Phi) is 5.16. The van der Waals surface area contributed by atoms with Crippen LogP contribution in [0.1, 0.15) is 37.9 Å². The zero-order chi connectivity index (χ0) is 13.7. The first kappa shape index (κ1) is 14.5. The van der Waals surface area contributed by atoms with Crippen molar-refractivity contribution in [1.29, 1.82) is 0 Å². The monoisotopic (exact) mass is 251 g/mol. The van der Waals surface area contributed by atoms with Gasteiger partial charge in [-0.1, -0.05) is 17.7 Å². The van der Waals surface area contributed by atoms with Gasteiger partial charge >= 0.3 is 5.97 Å². The van der Waals surface area contributed by atoms with Crippen molar-refractivity contribution in [3.05, 3.63) is 29.3 Å². The molecule has 2 N–H and O–H groups in total. The van der Waals surface area contributed by atoms with E-state index in [9.17, 15) is 9.90 Å². The van der Waals surface area contributed by atoms with Crippen LogP contribution in [0.2, 0.25) is 0 Å². The average Bonchev–Trinajstić information content (AvgIpc) is 2.32. The highest BCUT2D eigenvalue weighted by atomic mass is 16.5. The number of aromatic hydroxyl groups is 1. The Labute approximate surface area is 108 Å². The first-order valence-electron chi connectivity index (χ1n) is 6.18. The summed E-state index contributed by atoms with van der Waals surface area (Å²) in [6.07, 6.45) is 0. The standard InChI is InChI=1S/C14H21NO3/c1-5-18-14(17)11(4)15-10(3)12-8-9(2)6-7-13(12)16/h6-8,10-11,15-16H,5H2,1-4H3. The maximum Gasteiger partial charge on any atom is 0.322 e. The third kappa shape index (κ3) is 3.74. The molecule has 100 valence electrons. The summed E-state index contributed by atoms with van der Waals surface area (Å²) in [4.78, 5) is 11.5. The third-order valence-electron chi connectivity index (χ3n) is 2.79. The Bertz CT molecular complexity index is 418. The van der Waals surface area contributed by atoms with Gasteiger partial charge in [0.1, 0.15) is 11.8 Å². The van der Waals surface area contributed by atoms with Crippen LogP contribution < -0.4 is 5.32 Å². The van der Waals surface area contributed by atoms with Crippen LogP contribution in [0.4, 0.5) is 0 Å². The van der Waals surface area contributed by atoms with Crippen molar-refractivity contribution >= 4 is 5.97 Å². The van der Waals surface area contributed by atoms with Crippen molar-refractivity contribution in [3.63, 3.8) is 0 Å². The van der Waals surface area contributed by atoms with Crippen LogP contribution in [0.3, 0.4) is 0 Å². The molecule has 0 bridgehead atoms. The van der Waals surface area contributed by atoms with E-state index in [1.54, 1.807) is 19.9 Å². The third-order valence-corrected chi connectivity index (χ3v) is 2.79. The smallest absolute Gasteiger partial charge is 0.322 e. The average molecular weight is 251 g/mol. The lowest BCUT2D eigenvalue weighted by molar-refractivity contribution is -0.145. The van der Waals surface area contributed by atoms with E-state index in [-0.39, 0.29) is 17.8 Å². The SMILES string of the molecule is CCOC(=O)C(C)NC(C)c1cc(C)ccc1O. The summed E-state index contributed by atoms with van der Waals surface area (Å²) in [5.74, 6) is -0.0480. The minimum Gasteiger partial charge on any atom is -0.508 e. The fraction of sp³-hybridized carbons (Fsp3) is 0.500. The Morgan fingerprint density at radius 1 is 1.44 bits per heavy atom. The molecule has 1 rings (SSSR count).